The number of hydrogen-bond acceptors (Lipinski definition) is 7. The van der Waals surface area contributed by atoms with Gasteiger partial charge in [-0.3, -0.25) is 4.90 Å². The second-order valence-electron chi connectivity index (χ2n) is 6.98. The van der Waals surface area contributed by atoms with Crippen molar-refractivity contribution >= 4 is 17.3 Å². The van der Waals surface area contributed by atoms with Crippen molar-refractivity contribution in [3.63, 3.8) is 0 Å². The Labute approximate surface area is 152 Å². The molecule has 134 valence electrons. The number of anilines is 2. The van der Waals surface area contributed by atoms with Crippen molar-refractivity contribution in [2.24, 2.45) is 0 Å². The molecule has 26 heavy (non-hydrogen) atoms. The lowest BCUT2D eigenvalue weighted by Gasteiger charge is -2.48. The van der Waals surface area contributed by atoms with Gasteiger partial charge in [-0.05, 0) is 31.2 Å². The van der Waals surface area contributed by atoms with E-state index in [0.717, 1.165) is 62.4 Å². The Bertz CT molecular complexity index is 894. The Morgan fingerprint density at radius 1 is 0.885 bits per heavy atom. The third-order valence-electron chi connectivity index (χ3n) is 5.39. The number of fused-ring (bicyclic) bond motifs is 1. The first-order valence-electron chi connectivity index (χ1n) is 9.12. The molecule has 0 saturated carbocycles. The van der Waals surface area contributed by atoms with Crippen LogP contribution in [0.1, 0.15) is 5.82 Å². The van der Waals surface area contributed by atoms with E-state index >= 15 is 0 Å². The number of pyridine rings is 1. The lowest BCUT2D eigenvalue weighted by atomic mass is 10.1. The fraction of sp³-hybridized carbons (Fsp3) is 0.444. The first kappa shape index (κ1) is 15.5. The topological polar surface area (TPSA) is 65.7 Å². The van der Waals surface area contributed by atoms with Gasteiger partial charge in [0, 0.05) is 51.5 Å². The smallest absolute Gasteiger partial charge is 0.178 e. The van der Waals surface area contributed by atoms with Crippen LogP contribution in [0.3, 0.4) is 0 Å². The van der Waals surface area contributed by atoms with Gasteiger partial charge >= 0.3 is 0 Å². The van der Waals surface area contributed by atoms with Crippen molar-refractivity contribution in [1.82, 2.24) is 29.7 Å². The molecule has 0 unspecified atom stereocenters. The minimum absolute atomic E-state index is 0.611. The van der Waals surface area contributed by atoms with Gasteiger partial charge in [-0.1, -0.05) is 6.07 Å². The predicted molar refractivity (Wildman–Crippen MR) is 99.5 cm³/mol. The van der Waals surface area contributed by atoms with E-state index in [9.17, 15) is 0 Å². The van der Waals surface area contributed by atoms with Crippen molar-refractivity contribution in [1.29, 1.82) is 0 Å². The average Bonchev–Trinajstić information content (AvgIpc) is 3.03. The maximum absolute atomic E-state index is 4.67. The van der Waals surface area contributed by atoms with Crippen LogP contribution in [0.2, 0.25) is 0 Å². The summed E-state index contributed by atoms with van der Waals surface area (Å²) in [5, 5.41) is 12.8. The molecule has 5 rings (SSSR count). The number of aryl methyl sites for hydroxylation is 1. The van der Waals surface area contributed by atoms with E-state index < -0.39 is 0 Å². The SMILES string of the molecule is Cc1nnc2ccc(N3CC(N4CCN(c5ccccn5)CC4)C3)nn12. The number of nitrogens with zero attached hydrogens (tertiary/aromatic N) is 8. The first-order valence-corrected chi connectivity index (χ1v) is 9.12. The molecule has 8 heteroatoms. The van der Waals surface area contributed by atoms with Crippen LogP contribution in [0.25, 0.3) is 5.65 Å². The molecule has 5 heterocycles. The number of piperazine rings is 1. The molecule has 0 spiro atoms. The monoisotopic (exact) mass is 350 g/mol. The molecule has 0 amide bonds. The lowest BCUT2D eigenvalue weighted by Crippen LogP contribution is -2.63. The zero-order chi connectivity index (χ0) is 17.5. The zero-order valence-corrected chi connectivity index (χ0v) is 14.9. The fourth-order valence-corrected chi connectivity index (χ4v) is 3.79. The molecule has 0 atom stereocenters. The number of hydrogen-bond donors (Lipinski definition) is 0. The van der Waals surface area contributed by atoms with Crippen LogP contribution in [-0.4, -0.2) is 75.0 Å². The van der Waals surface area contributed by atoms with Gasteiger partial charge < -0.3 is 9.80 Å². The lowest BCUT2D eigenvalue weighted by molar-refractivity contribution is 0.156. The molecule has 3 aromatic heterocycles. The zero-order valence-electron chi connectivity index (χ0n) is 14.9. The van der Waals surface area contributed by atoms with Gasteiger partial charge in [0.2, 0.25) is 0 Å². The summed E-state index contributed by atoms with van der Waals surface area (Å²) in [6.07, 6.45) is 1.87. The minimum Gasteiger partial charge on any atom is -0.354 e. The molecule has 0 aromatic carbocycles. The third kappa shape index (κ3) is 2.66. The van der Waals surface area contributed by atoms with Gasteiger partial charge in [0.1, 0.15) is 11.6 Å². The molecule has 0 bridgehead atoms. The summed E-state index contributed by atoms with van der Waals surface area (Å²) in [4.78, 5) is 11.8. The summed E-state index contributed by atoms with van der Waals surface area (Å²) in [5.41, 5.74) is 0.800. The highest BCUT2D eigenvalue weighted by Gasteiger charge is 2.34. The largest absolute Gasteiger partial charge is 0.354 e. The van der Waals surface area contributed by atoms with Crippen molar-refractivity contribution < 1.29 is 0 Å². The molecule has 0 aliphatic carbocycles. The van der Waals surface area contributed by atoms with Gasteiger partial charge in [-0.15, -0.1) is 15.3 Å². The predicted octanol–water partition coefficient (Wildman–Crippen LogP) is 0.839. The second kappa shape index (κ2) is 6.21. The normalized spacial score (nSPS) is 19.1. The van der Waals surface area contributed by atoms with E-state index in [-0.39, 0.29) is 0 Å². The quantitative estimate of drug-likeness (QED) is 0.693. The molecule has 2 aliphatic heterocycles. The highest BCUT2D eigenvalue weighted by Crippen LogP contribution is 2.24. The number of rotatable bonds is 3. The molecule has 2 saturated heterocycles. The molecule has 2 aliphatic rings. The Hall–Kier alpha value is -2.74. The van der Waals surface area contributed by atoms with Gasteiger partial charge in [0.05, 0.1) is 0 Å². The summed E-state index contributed by atoms with van der Waals surface area (Å²) in [7, 11) is 0. The standard InChI is InChI=1S/C18H22N8/c1-14-20-21-17-5-6-18(22-26(14)17)25-12-15(13-25)23-8-10-24(11-9-23)16-4-2-3-7-19-16/h2-7,15H,8-13H2,1H3. The van der Waals surface area contributed by atoms with Gasteiger partial charge in [0.25, 0.3) is 0 Å². The van der Waals surface area contributed by atoms with E-state index in [1.807, 2.05) is 35.8 Å². The van der Waals surface area contributed by atoms with E-state index in [1.165, 1.54) is 0 Å². The van der Waals surface area contributed by atoms with Crippen LogP contribution in [0.5, 0.6) is 0 Å². The van der Waals surface area contributed by atoms with Crippen molar-refractivity contribution in [2.45, 2.75) is 13.0 Å². The Morgan fingerprint density at radius 3 is 2.50 bits per heavy atom. The van der Waals surface area contributed by atoms with E-state index in [0.29, 0.717) is 6.04 Å². The summed E-state index contributed by atoms with van der Waals surface area (Å²) in [6, 6.07) is 10.8. The number of aromatic nitrogens is 5. The first-order chi connectivity index (χ1) is 12.8. The summed E-state index contributed by atoms with van der Waals surface area (Å²) >= 11 is 0. The van der Waals surface area contributed by atoms with Gasteiger partial charge in [-0.2, -0.15) is 4.52 Å². The minimum atomic E-state index is 0.611. The van der Waals surface area contributed by atoms with Crippen LogP contribution in [0.15, 0.2) is 36.5 Å². The summed E-state index contributed by atoms with van der Waals surface area (Å²) < 4.78 is 1.81. The van der Waals surface area contributed by atoms with Crippen LogP contribution in [0, 0.1) is 6.92 Å². The van der Waals surface area contributed by atoms with Gasteiger partial charge in [-0.25, -0.2) is 4.98 Å². The Balaban J connectivity index is 1.19. The Morgan fingerprint density at radius 2 is 1.73 bits per heavy atom. The second-order valence-corrected chi connectivity index (χ2v) is 6.98. The van der Waals surface area contributed by atoms with E-state index in [1.54, 1.807) is 0 Å². The molecule has 2 fully saturated rings. The maximum Gasteiger partial charge on any atom is 0.178 e. The van der Waals surface area contributed by atoms with Crippen molar-refractivity contribution in [2.75, 3.05) is 49.1 Å². The van der Waals surface area contributed by atoms with Crippen LogP contribution >= 0.6 is 0 Å². The molecule has 3 aromatic rings. The fourth-order valence-electron chi connectivity index (χ4n) is 3.79. The summed E-state index contributed by atoms with van der Waals surface area (Å²) in [6.45, 7) is 8.25. The van der Waals surface area contributed by atoms with Crippen LogP contribution < -0.4 is 9.80 Å². The molecule has 0 radical (unpaired) electrons. The van der Waals surface area contributed by atoms with E-state index in [4.69, 9.17) is 0 Å². The summed E-state index contributed by atoms with van der Waals surface area (Å²) in [5.74, 6) is 2.91. The highest BCUT2D eigenvalue weighted by molar-refractivity contribution is 5.48. The van der Waals surface area contributed by atoms with Crippen LogP contribution in [0.4, 0.5) is 11.6 Å². The highest BCUT2D eigenvalue weighted by atomic mass is 15.4. The molecule has 0 N–H and O–H groups in total. The van der Waals surface area contributed by atoms with Crippen LogP contribution in [-0.2, 0) is 0 Å². The van der Waals surface area contributed by atoms with Gasteiger partial charge in [0.15, 0.2) is 11.5 Å². The van der Waals surface area contributed by atoms with Crippen molar-refractivity contribution in [3.8, 4) is 0 Å². The molecule has 8 nitrogen and oxygen atoms in total. The maximum atomic E-state index is 4.67. The third-order valence-corrected chi connectivity index (χ3v) is 5.39. The molecular formula is C18H22N8. The van der Waals surface area contributed by atoms with E-state index in [2.05, 4.69) is 47.1 Å². The van der Waals surface area contributed by atoms with Crippen molar-refractivity contribution in [3.05, 3.63) is 42.4 Å². The molecular weight excluding hydrogens is 328 g/mol. The average molecular weight is 350 g/mol. The Kier molecular flexibility index (Phi) is 3.70.